The molecule has 28 heavy (non-hydrogen) atoms. The predicted molar refractivity (Wildman–Crippen MR) is 116 cm³/mol. The lowest BCUT2D eigenvalue weighted by Gasteiger charge is -2.11. The second-order valence-electron chi connectivity index (χ2n) is 6.59. The predicted octanol–water partition coefficient (Wildman–Crippen LogP) is 6.26. The Morgan fingerprint density at radius 3 is 2.61 bits per heavy atom. The van der Waals surface area contributed by atoms with Crippen LogP contribution in [0.5, 0.6) is 0 Å². The Balaban J connectivity index is 1.72. The lowest BCUT2D eigenvalue weighted by Crippen LogP contribution is -2.01. The van der Waals surface area contributed by atoms with Gasteiger partial charge in [-0.3, -0.25) is 4.98 Å². The molecule has 0 amide bonds. The summed E-state index contributed by atoms with van der Waals surface area (Å²) in [6.07, 6.45) is 4.53. The van der Waals surface area contributed by atoms with Crippen LogP contribution in [0.1, 0.15) is 19.0 Å². The first-order chi connectivity index (χ1) is 13.5. The Labute approximate surface area is 173 Å². The van der Waals surface area contributed by atoms with E-state index in [2.05, 4.69) is 26.8 Å². The normalized spacial score (nSPS) is 11.1. The van der Waals surface area contributed by atoms with Gasteiger partial charge in [0.15, 0.2) is 0 Å². The molecule has 0 atom stereocenters. The van der Waals surface area contributed by atoms with E-state index in [1.165, 1.54) is 0 Å². The Bertz CT molecular complexity index is 1140. The summed E-state index contributed by atoms with van der Waals surface area (Å²) in [5.74, 6) is 1.41. The van der Waals surface area contributed by atoms with Crippen molar-refractivity contribution in [2.75, 3.05) is 5.32 Å². The number of nitrogens with one attached hydrogen (secondary N) is 1. The zero-order valence-electron chi connectivity index (χ0n) is 15.6. The topological polar surface area (TPSA) is 55.6 Å². The number of anilines is 2. The minimum absolute atomic E-state index is 0.520. The van der Waals surface area contributed by atoms with Gasteiger partial charge >= 0.3 is 0 Å². The third-order valence-corrected chi connectivity index (χ3v) is 4.95. The number of rotatable bonds is 5. The van der Waals surface area contributed by atoms with Crippen LogP contribution in [0.3, 0.4) is 0 Å². The molecule has 0 radical (unpaired) electrons. The number of benzene rings is 1. The molecular formula is C21H19Cl2N5. The van der Waals surface area contributed by atoms with Crippen molar-refractivity contribution in [2.45, 2.75) is 26.8 Å². The smallest absolute Gasteiger partial charge is 0.149 e. The van der Waals surface area contributed by atoms with Crippen LogP contribution in [0.15, 0.2) is 48.8 Å². The van der Waals surface area contributed by atoms with E-state index in [-0.39, 0.29) is 0 Å². The number of nitrogens with zero attached hydrogens (tertiary/aromatic N) is 4. The second-order valence-corrected chi connectivity index (χ2v) is 7.43. The second kappa shape index (κ2) is 7.78. The first kappa shape index (κ1) is 18.7. The molecule has 142 valence electrons. The lowest BCUT2D eigenvalue weighted by molar-refractivity contribution is 0.704. The van der Waals surface area contributed by atoms with E-state index >= 15 is 0 Å². The molecule has 0 saturated heterocycles. The van der Waals surface area contributed by atoms with E-state index in [4.69, 9.17) is 28.2 Å². The fourth-order valence-corrected chi connectivity index (χ4v) is 3.48. The number of imidazole rings is 1. The van der Waals surface area contributed by atoms with Crippen molar-refractivity contribution in [2.24, 2.45) is 0 Å². The van der Waals surface area contributed by atoms with Gasteiger partial charge in [0, 0.05) is 29.0 Å². The van der Waals surface area contributed by atoms with Gasteiger partial charge in [-0.15, -0.1) is 0 Å². The molecule has 4 rings (SSSR count). The highest BCUT2D eigenvalue weighted by molar-refractivity contribution is 6.33. The van der Waals surface area contributed by atoms with Crippen LogP contribution in [-0.4, -0.2) is 19.5 Å². The number of aromatic nitrogens is 4. The van der Waals surface area contributed by atoms with Crippen LogP contribution >= 0.6 is 23.2 Å². The molecule has 0 saturated carbocycles. The minimum Gasteiger partial charge on any atom is -0.338 e. The molecule has 3 heterocycles. The summed E-state index contributed by atoms with van der Waals surface area (Å²) in [4.78, 5) is 13.6. The van der Waals surface area contributed by atoms with Crippen LogP contribution in [0.2, 0.25) is 10.0 Å². The number of hydrogen-bond donors (Lipinski definition) is 1. The molecule has 0 aliphatic carbocycles. The maximum absolute atomic E-state index is 6.51. The first-order valence-corrected chi connectivity index (χ1v) is 9.82. The average Bonchev–Trinajstić information content (AvgIpc) is 3.03. The number of hydrogen-bond acceptors (Lipinski definition) is 4. The molecule has 0 aliphatic rings. The quantitative estimate of drug-likeness (QED) is 0.420. The van der Waals surface area contributed by atoms with Gasteiger partial charge in [0.1, 0.15) is 11.6 Å². The van der Waals surface area contributed by atoms with Gasteiger partial charge in [-0.2, -0.15) is 0 Å². The monoisotopic (exact) mass is 411 g/mol. The number of pyridine rings is 2. The lowest BCUT2D eigenvalue weighted by atomic mass is 10.2. The van der Waals surface area contributed by atoms with Crippen LogP contribution in [0.25, 0.3) is 22.4 Å². The van der Waals surface area contributed by atoms with Gasteiger partial charge in [0.05, 0.1) is 27.9 Å². The molecular weight excluding hydrogens is 393 g/mol. The summed E-state index contributed by atoms with van der Waals surface area (Å²) < 4.78 is 2.18. The van der Waals surface area contributed by atoms with Gasteiger partial charge < -0.3 is 9.88 Å². The summed E-state index contributed by atoms with van der Waals surface area (Å²) in [6, 6.07) is 11.5. The Hall–Kier alpha value is -2.63. The van der Waals surface area contributed by atoms with Gasteiger partial charge in [-0.25, -0.2) is 9.97 Å². The zero-order chi connectivity index (χ0) is 19.7. The largest absolute Gasteiger partial charge is 0.338 e. The van der Waals surface area contributed by atoms with E-state index in [1.807, 2.05) is 43.3 Å². The Morgan fingerprint density at radius 1 is 1.04 bits per heavy atom. The van der Waals surface area contributed by atoms with Gasteiger partial charge in [-0.05, 0) is 49.7 Å². The van der Waals surface area contributed by atoms with Crippen LogP contribution in [-0.2, 0) is 6.54 Å². The number of fused-ring (bicyclic) bond motifs is 1. The fourth-order valence-electron chi connectivity index (χ4n) is 3.10. The SMILES string of the molecule is CCCn1c(-c2cnc(Nc3ccc(C)nc3)c(Cl)c2)nc2cc(Cl)ccc21. The van der Waals surface area contributed by atoms with E-state index in [0.717, 1.165) is 46.8 Å². The van der Waals surface area contributed by atoms with Gasteiger partial charge in [0.2, 0.25) is 0 Å². The molecule has 0 fully saturated rings. The van der Waals surface area contributed by atoms with E-state index in [1.54, 1.807) is 12.4 Å². The Morgan fingerprint density at radius 2 is 1.89 bits per heavy atom. The summed E-state index contributed by atoms with van der Waals surface area (Å²) in [7, 11) is 0. The molecule has 4 aromatic rings. The molecule has 0 aliphatic heterocycles. The zero-order valence-corrected chi connectivity index (χ0v) is 17.1. The molecule has 0 spiro atoms. The van der Waals surface area contributed by atoms with Gasteiger partial charge in [-0.1, -0.05) is 30.1 Å². The summed E-state index contributed by atoms with van der Waals surface area (Å²) in [5, 5.41) is 4.39. The highest BCUT2D eigenvalue weighted by atomic mass is 35.5. The van der Waals surface area contributed by atoms with Crippen LogP contribution < -0.4 is 5.32 Å². The van der Waals surface area contributed by atoms with E-state index < -0.39 is 0 Å². The van der Waals surface area contributed by atoms with E-state index in [0.29, 0.717) is 15.9 Å². The standard InChI is InChI=1S/C21H19Cl2N5/c1-3-8-28-19-7-5-15(22)10-18(19)27-21(28)14-9-17(23)20(25-11-14)26-16-6-4-13(2)24-12-16/h4-7,9-12H,3,8H2,1-2H3,(H,25,26). The molecule has 1 N–H and O–H groups in total. The van der Waals surface area contributed by atoms with Crippen LogP contribution in [0.4, 0.5) is 11.5 Å². The highest BCUT2D eigenvalue weighted by Crippen LogP contribution is 2.31. The van der Waals surface area contributed by atoms with Crippen LogP contribution in [0, 0.1) is 6.92 Å². The molecule has 0 unspecified atom stereocenters. The maximum atomic E-state index is 6.51. The van der Waals surface area contributed by atoms with Crippen molar-refractivity contribution in [3.05, 3.63) is 64.5 Å². The summed E-state index contributed by atoms with van der Waals surface area (Å²) >= 11 is 12.7. The fraction of sp³-hybridized carbons (Fsp3) is 0.190. The van der Waals surface area contributed by atoms with Crippen molar-refractivity contribution < 1.29 is 0 Å². The molecule has 5 nitrogen and oxygen atoms in total. The molecule has 7 heteroatoms. The number of aryl methyl sites for hydroxylation is 2. The third kappa shape index (κ3) is 3.68. The highest BCUT2D eigenvalue weighted by Gasteiger charge is 2.15. The minimum atomic E-state index is 0.520. The van der Waals surface area contributed by atoms with Crippen molar-refractivity contribution in [1.29, 1.82) is 0 Å². The van der Waals surface area contributed by atoms with Crippen molar-refractivity contribution in [3.8, 4) is 11.4 Å². The molecule has 1 aromatic carbocycles. The molecule has 0 bridgehead atoms. The number of halogens is 2. The Kier molecular flexibility index (Phi) is 5.20. The third-order valence-electron chi connectivity index (χ3n) is 4.43. The van der Waals surface area contributed by atoms with E-state index in [9.17, 15) is 0 Å². The van der Waals surface area contributed by atoms with Gasteiger partial charge in [0.25, 0.3) is 0 Å². The summed E-state index contributed by atoms with van der Waals surface area (Å²) in [5.41, 5.74) is 4.55. The summed E-state index contributed by atoms with van der Waals surface area (Å²) in [6.45, 7) is 4.93. The average molecular weight is 412 g/mol. The van der Waals surface area contributed by atoms with Crippen molar-refractivity contribution >= 4 is 45.7 Å². The van der Waals surface area contributed by atoms with Crippen molar-refractivity contribution in [3.63, 3.8) is 0 Å². The first-order valence-electron chi connectivity index (χ1n) is 9.06. The molecule has 3 aromatic heterocycles. The maximum Gasteiger partial charge on any atom is 0.149 e. The van der Waals surface area contributed by atoms with Crippen molar-refractivity contribution in [1.82, 2.24) is 19.5 Å².